The highest BCUT2D eigenvalue weighted by molar-refractivity contribution is 8.00. The van der Waals surface area contributed by atoms with Crippen LogP contribution in [0.4, 0.5) is 5.69 Å². The molecular weight excluding hydrogens is 649 g/mol. The number of likely N-dealkylation sites (tertiary alicyclic amines) is 1. The summed E-state index contributed by atoms with van der Waals surface area (Å²) in [5.74, 6) is 1.35. The number of thioether (sulfide) groups is 1. The van der Waals surface area contributed by atoms with Crippen LogP contribution in [0.25, 0.3) is 17.0 Å². The molecule has 3 aliphatic rings. The first-order valence-electron chi connectivity index (χ1n) is 17.0. The molecule has 2 aromatic heterocycles. The second-order valence-corrected chi connectivity index (χ2v) is 14.5. The third kappa shape index (κ3) is 7.08. The van der Waals surface area contributed by atoms with E-state index in [0.717, 1.165) is 45.6 Å². The van der Waals surface area contributed by atoms with Crippen molar-refractivity contribution in [2.45, 2.75) is 44.1 Å². The van der Waals surface area contributed by atoms with Gasteiger partial charge in [-0.25, -0.2) is 9.97 Å². The highest BCUT2D eigenvalue weighted by atomic mass is 32.2. The number of nitrogens with zero attached hydrogens (tertiary/aromatic N) is 7. The Balaban J connectivity index is 0.942. The monoisotopic (exact) mass is 690 g/mol. The van der Waals surface area contributed by atoms with E-state index in [-0.39, 0.29) is 17.9 Å². The first kappa shape index (κ1) is 33.7. The van der Waals surface area contributed by atoms with Crippen LogP contribution < -0.4 is 10.1 Å². The molecule has 4 aromatic rings. The summed E-state index contributed by atoms with van der Waals surface area (Å²) in [7, 11) is 1.86. The van der Waals surface area contributed by atoms with Crippen LogP contribution in [-0.2, 0) is 23.2 Å². The molecule has 0 unspecified atom stereocenters. The fraction of sp³-hybridized carbons (Fsp3) is 0.368. The minimum Gasteiger partial charge on any atom is -0.475 e. The molecule has 11 nitrogen and oxygen atoms in total. The smallest absolute Gasteiger partial charge is 0.241 e. The maximum atomic E-state index is 13.8. The summed E-state index contributed by atoms with van der Waals surface area (Å²) in [6.07, 6.45) is 9.14. The van der Waals surface area contributed by atoms with Crippen LogP contribution in [0.3, 0.4) is 0 Å². The highest BCUT2D eigenvalue weighted by Gasteiger charge is 2.45. The summed E-state index contributed by atoms with van der Waals surface area (Å²) in [5.41, 5.74) is 7.99. The molecule has 0 radical (unpaired) electrons. The molecule has 0 bridgehead atoms. The topological polar surface area (TPSA) is 118 Å². The standard InChI is InChI=1S/C38H42N8O3S/c1-25(2)49-33-12-10-30(21-39-33)35-32-19-31(11-9-29(32)20-40-35)42-37(48)38(50-4)15-18-45(23-38)22-34(47)46-16-13-27(14-17-46)26-5-7-28(8-6-26)36-41-24-44(3)43-36/h5-13,19,21,24-25H,14-18,20,22-23H2,1-4H3,(H,42,48)/t38-/m0/s1. The molecule has 0 saturated carbocycles. The summed E-state index contributed by atoms with van der Waals surface area (Å²) in [5, 5.41) is 7.57. The summed E-state index contributed by atoms with van der Waals surface area (Å²) >= 11 is 1.56. The van der Waals surface area contributed by atoms with Crippen LogP contribution in [0.2, 0.25) is 0 Å². The minimum atomic E-state index is -0.641. The van der Waals surface area contributed by atoms with E-state index in [0.29, 0.717) is 57.4 Å². The van der Waals surface area contributed by atoms with E-state index in [1.54, 1.807) is 29.0 Å². The third-order valence-electron chi connectivity index (χ3n) is 9.55. The average molecular weight is 691 g/mol. The summed E-state index contributed by atoms with van der Waals surface area (Å²) in [6.45, 7) is 7.30. The number of aromatic nitrogens is 4. The Bertz CT molecular complexity index is 1950. The van der Waals surface area contributed by atoms with Crippen LogP contribution in [0.1, 0.15) is 48.9 Å². The molecular formula is C38H42N8O3S. The number of amides is 2. The molecule has 3 aliphatic heterocycles. The van der Waals surface area contributed by atoms with Crippen molar-refractivity contribution in [3.8, 4) is 17.3 Å². The lowest BCUT2D eigenvalue weighted by Gasteiger charge is -2.29. The maximum absolute atomic E-state index is 13.8. The number of carbonyl (C=O) groups excluding carboxylic acids is 2. The van der Waals surface area contributed by atoms with Gasteiger partial charge in [-0.2, -0.15) is 5.10 Å². The Hall–Kier alpha value is -4.81. The number of anilines is 1. The Kier molecular flexibility index (Phi) is 9.56. The number of pyridine rings is 1. The predicted octanol–water partition coefficient (Wildman–Crippen LogP) is 5.08. The predicted molar refractivity (Wildman–Crippen MR) is 197 cm³/mol. The molecule has 12 heteroatoms. The van der Waals surface area contributed by atoms with E-state index in [1.807, 2.05) is 74.5 Å². The van der Waals surface area contributed by atoms with Crippen molar-refractivity contribution in [3.05, 3.63) is 95.5 Å². The van der Waals surface area contributed by atoms with Gasteiger partial charge in [-0.15, -0.1) is 11.8 Å². The number of benzene rings is 2. The van der Waals surface area contributed by atoms with Gasteiger partial charge in [0.15, 0.2) is 5.82 Å². The Morgan fingerprint density at radius 1 is 1.02 bits per heavy atom. The van der Waals surface area contributed by atoms with Crippen molar-refractivity contribution in [2.75, 3.05) is 44.3 Å². The van der Waals surface area contributed by atoms with Gasteiger partial charge < -0.3 is 15.0 Å². The summed E-state index contributed by atoms with van der Waals surface area (Å²) < 4.78 is 6.75. The van der Waals surface area contributed by atoms with Crippen molar-refractivity contribution in [1.29, 1.82) is 0 Å². The van der Waals surface area contributed by atoms with Crippen LogP contribution in [0.5, 0.6) is 5.88 Å². The van der Waals surface area contributed by atoms with Gasteiger partial charge in [0.1, 0.15) is 11.1 Å². The number of aryl methyl sites for hydroxylation is 1. The number of carbonyl (C=O) groups is 2. The molecule has 7 rings (SSSR count). The van der Waals surface area contributed by atoms with Crippen molar-refractivity contribution >= 4 is 40.5 Å². The lowest BCUT2D eigenvalue weighted by atomic mass is 9.98. The lowest BCUT2D eigenvalue weighted by molar-refractivity contribution is -0.132. The van der Waals surface area contributed by atoms with Gasteiger partial charge in [0.25, 0.3) is 0 Å². The molecule has 5 heterocycles. The number of hydrogen-bond donors (Lipinski definition) is 1. The normalized spacial score (nSPS) is 18.9. The van der Waals surface area contributed by atoms with Gasteiger partial charge in [-0.3, -0.25) is 24.2 Å². The Labute approximate surface area is 296 Å². The van der Waals surface area contributed by atoms with Crippen LogP contribution in [-0.4, -0.2) is 96.9 Å². The average Bonchev–Trinajstić information content (AvgIpc) is 3.87. The molecule has 258 valence electrons. The molecule has 2 amide bonds. The van der Waals surface area contributed by atoms with Gasteiger partial charge in [-0.1, -0.05) is 36.4 Å². The molecule has 0 spiro atoms. The van der Waals surface area contributed by atoms with E-state index in [9.17, 15) is 9.59 Å². The Morgan fingerprint density at radius 3 is 2.50 bits per heavy atom. The van der Waals surface area contributed by atoms with Crippen LogP contribution in [0, 0.1) is 0 Å². The maximum Gasteiger partial charge on any atom is 0.241 e. The summed E-state index contributed by atoms with van der Waals surface area (Å²) in [4.78, 5) is 44.8. The van der Waals surface area contributed by atoms with Gasteiger partial charge in [-0.05, 0) is 67.8 Å². The van der Waals surface area contributed by atoms with Crippen LogP contribution in [0.15, 0.2) is 78.2 Å². The van der Waals surface area contributed by atoms with Crippen molar-refractivity contribution in [3.63, 3.8) is 0 Å². The molecule has 2 aromatic carbocycles. The quantitative estimate of drug-likeness (QED) is 0.245. The number of rotatable bonds is 10. The molecule has 1 fully saturated rings. The number of ether oxygens (including phenoxy) is 1. The van der Waals surface area contributed by atoms with E-state index in [2.05, 4.69) is 43.5 Å². The van der Waals surface area contributed by atoms with Crippen molar-refractivity contribution < 1.29 is 14.3 Å². The number of hydrogen-bond acceptors (Lipinski definition) is 9. The number of aliphatic imine (C=N–C) groups is 1. The van der Waals surface area contributed by atoms with Crippen molar-refractivity contribution in [2.24, 2.45) is 12.0 Å². The van der Waals surface area contributed by atoms with Crippen LogP contribution >= 0.6 is 11.8 Å². The van der Waals surface area contributed by atoms with E-state index in [4.69, 9.17) is 9.73 Å². The zero-order valence-electron chi connectivity index (χ0n) is 28.9. The first-order valence-corrected chi connectivity index (χ1v) is 18.3. The highest BCUT2D eigenvalue weighted by Crippen LogP contribution is 2.36. The SMILES string of the molecule is CS[C@@]1(C(=O)Nc2ccc3c(c2)C(c2ccc(OC(C)C)nc2)=NC3)CCN(CC(=O)N2CC=C(c3ccc(-c4ncn(C)n4)cc3)CC2)C1. The molecule has 50 heavy (non-hydrogen) atoms. The molecule has 1 atom stereocenters. The molecule has 1 saturated heterocycles. The van der Waals surface area contributed by atoms with E-state index >= 15 is 0 Å². The van der Waals surface area contributed by atoms with Crippen molar-refractivity contribution in [1.82, 2.24) is 29.5 Å². The van der Waals surface area contributed by atoms with E-state index in [1.165, 1.54) is 5.57 Å². The minimum absolute atomic E-state index is 0.0383. The zero-order valence-corrected chi connectivity index (χ0v) is 29.7. The zero-order chi connectivity index (χ0) is 34.8. The fourth-order valence-electron chi connectivity index (χ4n) is 6.78. The fourth-order valence-corrected chi connectivity index (χ4v) is 7.62. The number of nitrogens with one attached hydrogen (secondary N) is 1. The van der Waals surface area contributed by atoms with Gasteiger partial charge in [0.05, 0.1) is 24.9 Å². The first-order chi connectivity index (χ1) is 24.2. The lowest BCUT2D eigenvalue weighted by Crippen LogP contribution is -2.45. The second-order valence-electron chi connectivity index (χ2n) is 13.3. The second kappa shape index (κ2) is 14.2. The summed E-state index contributed by atoms with van der Waals surface area (Å²) in [6, 6.07) is 18.1. The third-order valence-corrected chi connectivity index (χ3v) is 10.8. The van der Waals surface area contributed by atoms with Gasteiger partial charge in [0.2, 0.25) is 17.7 Å². The number of fused-ring (bicyclic) bond motifs is 1. The Morgan fingerprint density at radius 2 is 1.82 bits per heavy atom. The van der Waals surface area contributed by atoms with E-state index < -0.39 is 4.75 Å². The molecule has 1 N–H and O–H groups in total. The largest absolute Gasteiger partial charge is 0.475 e. The van der Waals surface area contributed by atoms with Gasteiger partial charge in [0, 0.05) is 67.9 Å². The molecule has 0 aliphatic carbocycles. The van der Waals surface area contributed by atoms with Gasteiger partial charge >= 0.3 is 0 Å².